The van der Waals surface area contributed by atoms with Gasteiger partial charge < -0.3 is 4.90 Å². The van der Waals surface area contributed by atoms with E-state index in [1.165, 1.54) is 0 Å². The molecule has 1 aromatic rings. The van der Waals surface area contributed by atoms with Crippen molar-refractivity contribution in [2.24, 2.45) is 0 Å². The van der Waals surface area contributed by atoms with Crippen LogP contribution in [0.4, 0.5) is 0 Å². The Morgan fingerprint density at radius 2 is 2.05 bits per heavy atom. The van der Waals surface area contributed by atoms with Crippen LogP contribution >= 0.6 is 0 Å². The fourth-order valence-electron chi connectivity index (χ4n) is 2.59. The molecule has 0 spiro atoms. The van der Waals surface area contributed by atoms with Crippen LogP contribution in [0.25, 0.3) is 0 Å². The largest absolute Gasteiger partial charge is 0.341 e. The topological polar surface area (TPSA) is 66.5 Å². The molecule has 1 fully saturated rings. The Hall–Kier alpha value is -1.40. The van der Waals surface area contributed by atoms with E-state index in [9.17, 15) is 13.2 Å². The summed E-state index contributed by atoms with van der Waals surface area (Å²) in [5.41, 5.74) is 1.76. The van der Waals surface area contributed by atoms with Gasteiger partial charge in [0.05, 0.1) is 5.75 Å². The molecule has 1 unspecified atom stereocenters. The van der Waals surface area contributed by atoms with Gasteiger partial charge in [-0.3, -0.25) is 4.79 Å². The van der Waals surface area contributed by atoms with Crippen LogP contribution in [-0.4, -0.2) is 38.4 Å². The van der Waals surface area contributed by atoms with Gasteiger partial charge in [-0.05, 0) is 31.4 Å². The Balaban J connectivity index is 1.94. The number of likely N-dealkylation sites (tertiary alicyclic amines) is 1. The average Bonchev–Trinajstić information content (AvgIpc) is 2.77. The summed E-state index contributed by atoms with van der Waals surface area (Å²) >= 11 is 0. The molecule has 1 aliphatic rings. The minimum Gasteiger partial charge on any atom is -0.341 e. The molecule has 0 radical (unpaired) electrons. The zero-order valence-corrected chi connectivity index (χ0v) is 13.3. The van der Waals surface area contributed by atoms with Gasteiger partial charge in [-0.2, -0.15) is 0 Å². The van der Waals surface area contributed by atoms with Crippen LogP contribution < -0.4 is 4.72 Å². The van der Waals surface area contributed by atoms with Gasteiger partial charge in [0.15, 0.2) is 0 Å². The van der Waals surface area contributed by atoms with E-state index < -0.39 is 10.0 Å². The zero-order valence-electron chi connectivity index (χ0n) is 12.5. The lowest BCUT2D eigenvalue weighted by Crippen LogP contribution is -2.42. The van der Waals surface area contributed by atoms with E-state index in [1.54, 1.807) is 11.8 Å². The highest BCUT2D eigenvalue weighted by molar-refractivity contribution is 7.88. The van der Waals surface area contributed by atoms with Gasteiger partial charge in [0.25, 0.3) is 0 Å². The van der Waals surface area contributed by atoms with Crippen molar-refractivity contribution in [3.63, 3.8) is 0 Å². The fraction of sp³-hybridized carbons (Fsp3) is 0.533. The van der Waals surface area contributed by atoms with E-state index >= 15 is 0 Å². The summed E-state index contributed by atoms with van der Waals surface area (Å²) in [5.74, 6) is 0.0813. The summed E-state index contributed by atoms with van der Waals surface area (Å²) in [6.45, 7) is 4.85. The molecular formula is C15H22N2O3S. The minimum absolute atomic E-state index is 0.0298. The number of benzene rings is 1. The number of carbonyl (C=O) groups is 1. The van der Waals surface area contributed by atoms with Crippen LogP contribution in [0.1, 0.15) is 30.9 Å². The molecule has 6 heteroatoms. The molecule has 0 aromatic heterocycles. The standard InChI is InChI=1S/C15H22N2O3S/c1-12-6-3-4-7-14(12)11-21(19,20)16-13(2)10-17-9-5-8-15(17)18/h3-4,6-7,13,16H,5,8-11H2,1-2H3. The molecule has 0 bridgehead atoms. The van der Waals surface area contributed by atoms with Crippen molar-refractivity contribution in [3.05, 3.63) is 35.4 Å². The highest BCUT2D eigenvalue weighted by Crippen LogP contribution is 2.12. The van der Waals surface area contributed by atoms with Crippen molar-refractivity contribution in [3.8, 4) is 0 Å². The van der Waals surface area contributed by atoms with Gasteiger partial charge >= 0.3 is 0 Å². The van der Waals surface area contributed by atoms with Crippen molar-refractivity contribution < 1.29 is 13.2 Å². The first-order chi connectivity index (χ1) is 9.87. The molecule has 1 aliphatic heterocycles. The third-order valence-electron chi connectivity index (χ3n) is 3.65. The third-order valence-corrected chi connectivity index (χ3v) is 5.11. The zero-order chi connectivity index (χ0) is 15.5. The number of rotatable bonds is 6. The average molecular weight is 310 g/mol. The molecule has 1 heterocycles. The maximum atomic E-state index is 12.2. The molecule has 5 nitrogen and oxygen atoms in total. The van der Waals surface area contributed by atoms with E-state index in [0.717, 1.165) is 24.1 Å². The normalized spacial score (nSPS) is 17.2. The Labute approximate surface area is 126 Å². The van der Waals surface area contributed by atoms with Crippen LogP contribution in [0.5, 0.6) is 0 Å². The van der Waals surface area contributed by atoms with Gasteiger partial charge in [0.2, 0.25) is 15.9 Å². The molecule has 0 aliphatic carbocycles. The Bertz CT molecular complexity index is 613. The Morgan fingerprint density at radius 1 is 1.33 bits per heavy atom. The smallest absolute Gasteiger partial charge is 0.222 e. The van der Waals surface area contributed by atoms with Crippen LogP contribution in [0.3, 0.4) is 0 Å². The SMILES string of the molecule is Cc1ccccc1CS(=O)(=O)NC(C)CN1CCCC1=O. The maximum absolute atomic E-state index is 12.2. The second-order valence-electron chi connectivity index (χ2n) is 5.65. The minimum atomic E-state index is -3.40. The molecule has 1 amide bonds. The number of aryl methyl sites for hydroxylation is 1. The highest BCUT2D eigenvalue weighted by atomic mass is 32.2. The Morgan fingerprint density at radius 3 is 2.67 bits per heavy atom. The van der Waals surface area contributed by atoms with Crippen molar-refractivity contribution in [2.45, 2.75) is 38.5 Å². The van der Waals surface area contributed by atoms with Gasteiger partial charge in [-0.25, -0.2) is 13.1 Å². The molecule has 2 rings (SSSR count). The van der Waals surface area contributed by atoms with Crippen LogP contribution in [0.2, 0.25) is 0 Å². The van der Waals surface area contributed by atoms with E-state index in [2.05, 4.69) is 4.72 Å². The predicted octanol–water partition coefficient (Wildman–Crippen LogP) is 1.43. The number of sulfonamides is 1. The van der Waals surface area contributed by atoms with Gasteiger partial charge in [0.1, 0.15) is 0 Å². The number of hydrogen-bond acceptors (Lipinski definition) is 3. The number of carbonyl (C=O) groups excluding carboxylic acids is 1. The van der Waals surface area contributed by atoms with Crippen LogP contribution in [0.15, 0.2) is 24.3 Å². The molecule has 1 N–H and O–H groups in total. The summed E-state index contributed by atoms with van der Waals surface area (Å²) in [6, 6.07) is 7.17. The first-order valence-corrected chi connectivity index (χ1v) is 8.85. The van der Waals surface area contributed by atoms with E-state index in [1.807, 2.05) is 31.2 Å². The molecule has 21 heavy (non-hydrogen) atoms. The second kappa shape index (κ2) is 6.58. The van der Waals surface area contributed by atoms with Crippen LogP contribution in [0, 0.1) is 6.92 Å². The highest BCUT2D eigenvalue weighted by Gasteiger charge is 2.24. The molecular weight excluding hydrogens is 288 g/mol. The summed E-state index contributed by atoms with van der Waals surface area (Å²) in [5, 5.41) is 0. The molecule has 116 valence electrons. The number of nitrogens with one attached hydrogen (secondary N) is 1. The van der Waals surface area contributed by atoms with Gasteiger partial charge in [0, 0.05) is 25.6 Å². The Kier molecular flexibility index (Phi) is 5.00. The van der Waals surface area contributed by atoms with Crippen molar-refractivity contribution in [1.29, 1.82) is 0 Å². The maximum Gasteiger partial charge on any atom is 0.222 e. The van der Waals surface area contributed by atoms with Crippen LogP contribution in [-0.2, 0) is 20.6 Å². The molecule has 1 aromatic carbocycles. The van der Waals surface area contributed by atoms with E-state index in [-0.39, 0.29) is 17.7 Å². The van der Waals surface area contributed by atoms with Crippen molar-refractivity contribution in [1.82, 2.24) is 9.62 Å². The molecule has 1 saturated heterocycles. The summed E-state index contributed by atoms with van der Waals surface area (Å²) in [7, 11) is -3.40. The van der Waals surface area contributed by atoms with Crippen molar-refractivity contribution in [2.75, 3.05) is 13.1 Å². The van der Waals surface area contributed by atoms with Gasteiger partial charge in [-0.1, -0.05) is 24.3 Å². The summed E-state index contributed by atoms with van der Waals surface area (Å²) in [4.78, 5) is 13.3. The predicted molar refractivity (Wildman–Crippen MR) is 82.2 cm³/mol. The second-order valence-corrected chi connectivity index (χ2v) is 7.40. The summed E-state index contributed by atoms with van der Waals surface area (Å²) in [6.07, 6.45) is 1.43. The summed E-state index contributed by atoms with van der Waals surface area (Å²) < 4.78 is 27.1. The lowest BCUT2D eigenvalue weighted by atomic mass is 10.1. The first kappa shape index (κ1) is 16.0. The number of nitrogens with zero attached hydrogens (tertiary/aromatic N) is 1. The first-order valence-electron chi connectivity index (χ1n) is 7.20. The van der Waals surface area contributed by atoms with Crippen molar-refractivity contribution >= 4 is 15.9 Å². The van der Waals surface area contributed by atoms with E-state index in [4.69, 9.17) is 0 Å². The molecule has 1 atom stereocenters. The molecule has 0 saturated carbocycles. The quantitative estimate of drug-likeness (QED) is 0.864. The van der Waals surface area contributed by atoms with E-state index in [0.29, 0.717) is 13.0 Å². The lowest BCUT2D eigenvalue weighted by molar-refractivity contribution is -0.127. The number of hydrogen-bond donors (Lipinski definition) is 1. The van der Waals surface area contributed by atoms with Gasteiger partial charge in [-0.15, -0.1) is 0 Å². The fourth-order valence-corrected chi connectivity index (χ4v) is 4.09. The third kappa shape index (κ3) is 4.54. The monoisotopic (exact) mass is 310 g/mol. The lowest BCUT2D eigenvalue weighted by Gasteiger charge is -2.21. The number of amides is 1.